The highest BCUT2D eigenvalue weighted by atomic mass is 16.6. The van der Waals surface area contributed by atoms with E-state index >= 15 is 0 Å². The number of aryl methyl sites for hydroxylation is 1. The van der Waals surface area contributed by atoms with Crippen molar-refractivity contribution in [3.8, 4) is 0 Å². The molecule has 3 atom stereocenters. The molecule has 1 aliphatic carbocycles. The van der Waals surface area contributed by atoms with Gasteiger partial charge in [-0.3, -0.25) is 0 Å². The molecule has 0 radical (unpaired) electrons. The van der Waals surface area contributed by atoms with Crippen LogP contribution in [0.15, 0.2) is 24.3 Å². The van der Waals surface area contributed by atoms with E-state index in [0.29, 0.717) is 23.3 Å². The summed E-state index contributed by atoms with van der Waals surface area (Å²) in [7, 11) is 0. The van der Waals surface area contributed by atoms with Crippen molar-refractivity contribution in [1.29, 1.82) is 0 Å². The van der Waals surface area contributed by atoms with E-state index in [0.717, 1.165) is 18.4 Å². The van der Waals surface area contributed by atoms with Gasteiger partial charge in [-0.2, -0.15) is 0 Å². The first-order valence-electron chi connectivity index (χ1n) is 8.80. The Morgan fingerprint density at radius 2 is 1.83 bits per heavy atom. The molecule has 132 valence electrons. The molecule has 0 saturated heterocycles. The normalized spacial score (nSPS) is 23.8. The second kappa shape index (κ2) is 8.32. The van der Waals surface area contributed by atoms with Crippen molar-refractivity contribution in [2.75, 3.05) is 6.61 Å². The molecule has 3 unspecified atom stereocenters. The van der Waals surface area contributed by atoms with Crippen LogP contribution in [-0.4, -0.2) is 24.6 Å². The molecular formula is C20H28O4. The number of carbonyl (C=O) groups is 2. The van der Waals surface area contributed by atoms with Crippen molar-refractivity contribution in [2.24, 2.45) is 17.8 Å². The lowest BCUT2D eigenvalue weighted by molar-refractivity contribution is -0.159. The molecule has 0 heterocycles. The van der Waals surface area contributed by atoms with E-state index in [-0.39, 0.29) is 12.7 Å². The van der Waals surface area contributed by atoms with Crippen molar-refractivity contribution in [3.05, 3.63) is 35.4 Å². The van der Waals surface area contributed by atoms with E-state index in [1.54, 1.807) is 12.1 Å². The predicted molar refractivity (Wildman–Crippen MR) is 92.7 cm³/mol. The van der Waals surface area contributed by atoms with E-state index in [9.17, 15) is 9.59 Å². The Kier molecular flexibility index (Phi) is 6.41. The van der Waals surface area contributed by atoms with Crippen molar-refractivity contribution in [1.82, 2.24) is 0 Å². The number of carbonyl (C=O) groups excluding carboxylic acids is 2. The fourth-order valence-corrected chi connectivity index (χ4v) is 3.35. The fourth-order valence-electron chi connectivity index (χ4n) is 3.35. The van der Waals surface area contributed by atoms with Gasteiger partial charge in [0.2, 0.25) is 0 Å². The third-order valence-corrected chi connectivity index (χ3v) is 4.85. The molecule has 0 aromatic heterocycles. The zero-order chi connectivity index (χ0) is 17.7. The Bertz CT molecular complexity index is 562. The van der Waals surface area contributed by atoms with E-state index < -0.39 is 11.9 Å². The summed E-state index contributed by atoms with van der Waals surface area (Å²) >= 11 is 0. The summed E-state index contributed by atoms with van der Waals surface area (Å²) in [6.45, 7) is 8.14. The van der Waals surface area contributed by atoms with Crippen LogP contribution in [0.3, 0.4) is 0 Å². The van der Waals surface area contributed by atoms with Crippen LogP contribution in [0, 0.1) is 24.7 Å². The van der Waals surface area contributed by atoms with Gasteiger partial charge in [0.1, 0.15) is 6.10 Å². The molecule has 4 heteroatoms. The number of hydrogen-bond acceptors (Lipinski definition) is 4. The summed E-state index contributed by atoms with van der Waals surface area (Å²) in [5.74, 6) is 0.473. The zero-order valence-corrected chi connectivity index (χ0v) is 15.1. The first kappa shape index (κ1) is 18.5. The van der Waals surface area contributed by atoms with Crippen LogP contribution in [0.2, 0.25) is 0 Å². The summed E-state index contributed by atoms with van der Waals surface area (Å²) in [5.41, 5.74) is 1.51. The van der Waals surface area contributed by atoms with Gasteiger partial charge in [0.05, 0.1) is 5.56 Å². The van der Waals surface area contributed by atoms with Crippen LogP contribution in [0.5, 0.6) is 0 Å². The Balaban J connectivity index is 1.85. The first-order chi connectivity index (χ1) is 11.4. The molecule has 0 N–H and O–H groups in total. The van der Waals surface area contributed by atoms with Crippen LogP contribution >= 0.6 is 0 Å². The van der Waals surface area contributed by atoms with E-state index in [1.807, 2.05) is 19.1 Å². The average Bonchev–Trinajstić information content (AvgIpc) is 2.53. The molecule has 1 fully saturated rings. The van der Waals surface area contributed by atoms with E-state index in [4.69, 9.17) is 9.47 Å². The minimum absolute atomic E-state index is 0.0701. The van der Waals surface area contributed by atoms with Crippen LogP contribution in [0.1, 0.15) is 56.0 Å². The molecular weight excluding hydrogens is 304 g/mol. The van der Waals surface area contributed by atoms with E-state index in [2.05, 4.69) is 20.8 Å². The Labute approximate surface area is 144 Å². The summed E-state index contributed by atoms with van der Waals surface area (Å²) < 4.78 is 10.7. The molecule has 2 rings (SSSR count). The molecule has 4 nitrogen and oxygen atoms in total. The summed E-state index contributed by atoms with van der Waals surface area (Å²) in [6.07, 6.45) is 3.08. The van der Waals surface area contributed by atoms with Gasteiger partial charge in [0.15, 0.2) is 6.61 Å². The van der Waals surface area contributed by atoms with Gasteiger partial charge in [-0.05, 0) is 49.7 Å². The second-order valence-corrected chi connectivity index (χ2v) is 7.30. The van der Waals surface area contributed by atoms with Crippen molar-refractivity contribution < 1.29 is 19.1 Å². The van der Waals surface area contributed by atoms with Gasteiger partial charge < -0.3 is 9.47 Å². The lowest BCUT2D eigenvalue weighted by Crippen LogP contribution is -2.36. The number of hydrogen-bond donors (Lipinski definition) is 0. The standard InChI is InChI=1S/C20H28O4/c1-13(2)17-10-7-15(4)11-18(17)24-19(21)12-23-20(22)16-8-5-14(3)6-9-16/h5-6,8-9,13,15,17-18H,7,10-12H2,1-4H3. The minimum Gasteiger partial charge on any atom is -0.460 e. The maximum atomic E-state index is 12.1. The van der Waals surface area contributed by atoms with Gasteiger partial charge >= 0.3 is 11.9 Å². The highest BCUT2D eigenvalue weighted by Crippen LogP contribution is 2.35. The highest BCUT2D eigenvalue weighted by Gasteiger charge is 2.33. The average molecular weight is 332 g/mol. The summed E-state index contributed by atoms with van der Waals surface area (Å²) in [6, 6.07) is 7.07. The summed E-state index contributed by atoms with van der Waals surface area (Å²) in [5, 5.41) is 0. The molecule has 1 aliphatic rings. The molecule has 0 spiro atoms. The number of esters is 2. The maximum Gasteiger partial charge on any atom is 0.344 e. The van der Waals surface area contributed by atoms with Crippen LogP contribution < -0.4 is 0 Å². The fraction of sp³-hybridized carbons (Fsp3) is 0.600. The van der Waals surface area contributed by atoms with Gasteiger partial charge in [-0.1, -0.05) is 44.9 Å². The first-order valence-corrected chi connectivity index (χ1v) is 8.80. The highest BCUT2D eigenvalue weighted by molar-refractivity contribution is 5.90. The molecule has 0 bridgehead atoms. The van der Waals surface area contributed by atoms with Crippen molar-refractivity contribution in [2.45, 2.75) is 53.1 Å². The lowest BCUT2D eigenvalue weighted by Gasteiger charge is -2.36. The van der Waals surface area contributed by atoms with Gasteiger partial charge in [-0.15, -0.1) is 0 Å². The SMILES string of the molecule is Cc1ccc(C(=O)OCC(=O)OC2CC(C)CCC2C(C)C)cc1. The molecule has 1 aromatic rings. The van der Waals surface area contributed by atoms with Crippen molar-refractivity contribution >= 4 is 11.9 Å². The number of benzene rings is 1. The second-order valence-electron chi connectivity index (χ2n) is 7.30. The van der Waals surface area contributed by atoms with Gasteiger partial charge in [-0.25, -0.2) is 9.59 Å². The van der Waals surface area contributed by atoms with Crippen LogP contribution in [0.4, 0.5) is 0 Å². The topological polar surface area (TPSA) is 52.6 Å². The zero-order valence-electron chi connectivity index (χ0n) is 15.1. The predicted octanol–water partition coefficient (Wildman–Crippen LogP) is 4.16. The maximum absolute atomic E-state index is 12.1. The molecule has 1 aromatic carbocycles. The molecule has 24 heavy (non-hydrogen) atoms. The minimum atomic E-state index is -0.496. The van der Waals surface area contributed by atoms with Crippen LogP contribution in [0.25, 0.3) is 0 Å². The van der Waals surface area contributed by atoms with Crippen LogP contribution in [-0.2, 0) is 14.3 Å². The van der Waals surface area contributed by atoms with E-state index in [1.165, 1.54) is 6.42 Å². The molecule has 1 saturated carbocycles. The van der Waals surface area contributed by atoms with Gasteiger partial charge in [0.25, 0.3) is 0 Å². The van der Waals surface area contributed by atoms with Gasteiger partial charge in [0, 0.05) is 0 Å². The monoisotopic (exact) mass is 332 g/mol. The Hall–Kier alpha value is -1.84. The number of rotatable bonds is 5. The summed E-state index contributed by atoms with van der Waals surface area (Å²) in [4.78, 5) is 24.0. The molecule has 0 aliphatic heterocycles. The Morgan fingerprint density at radius 1 is 1.17 bits per heavy atom. The quantitative estimate of drug-likeness (QED) is 0.760. The largest absolute Gasteiger partial charge is 0.460 e. The number of ether oxygens (including phenoxy) is 2. The molecule has 0 amide bonds. The third kappa shape index (κ3) is 5.08. The third-order valence-electron chi connectivity index (χ3n) is 4.85. The smallest absolute Gasteiger partial charge is 0.344 e. The van der Waals surface area contributed by atoms with Crippen molar-refractivity contribution in [3.63, 3.8) is 0 Å². The Morgan fingerprint density at radius 3 is 2.46 bits per heavy atom. The lowest BCUT2D eigenvalue weighted by atomic mass is 9.75.